The predicted molar refractivity (Wildman–Crippen MR) is 66.7 cm³/mol. The summed E-state index contributed by atoms with van der Waals surface area (Å²) in [4.78, 5) is 4.43. The normalized spacial score (nSPS) is 18.1. The fraction of sp³-hybridized carbons (Fsp3) is 0.214. The van der Waals surface area contributed by atoms with E-state index in [1.807, 2.05) is 18.3 Å². The average Bonchev–Trinajstić information content (AvgIpc) is 2.68. The fourth-order valence-electron chi connectivity index (χ4n) is 2.36. The maximum Gasteiger partial charge on any atom is 0.116 e. The zero-order chi connectivity index (χ0) is 11.8. The number of phenolic OH excluding ortho intramolecular Hbond substituents is 1. The molecular formula is C14H14N2O. The SMILES string of the molecule is NC1Cc2cnc(-c3cccc(O)c3)cc2C1. The maximum absolute atomic E-state index is 9.46. The second-order valence-electron chi connectivity index (χ2n) is 4.56. The largest absolute Gasteiger partial charge is 0.508 e. The Bertz CT molecular complexity index is 566. The van der Waals surface area contributed by atoms with Gasteiger partial charge in [-0.2, -0.15) is 0 Å². The number of hydrogen-bond acceptors (Lipinski definition) is 3. The van der Waals surface area contributed by atoms with Crippen molar-refractivity contribution >= 4 is 0 Å². The second-order valence-corrected chi connectivity index (χ2v) is 4.56. The van der Waals surface area contributed by atoms with Crippen LogP contribution in [0.1, 0.15) is 11.1 Å². The second kappa shape index (κ2) is 3.86. The van der Waals surface area contributed by atoms with Gasteiger partial charge >= 0.3 is 0 Å². The topological polar surface area (TPSA) is 59.1 Å². The quantitative estimate of drug-likeness (QED) is 0.780. The van der Waals surface area contributed by atoms with Crippen molar-refractivity contribution < 1.29 is 5.11 Å². The molecule has 0 amide bonds. The van der Waals surface area contributed by atoms with Crippen molar-refractivity contribution in [3.8, 4) is 17.0 Å². The van der Waals surface area contributed by atoms with E-state index < -0.39 is 0 Å². The third kappa shape index (κ3) is 1.89. The minimum atomic E-state index is 0.228. The summed E-state index contributed by atoms with van der Waals surface area (Å²) in [6.45, 7) is 0. The van der Waals surface area contributed by atoms with Crippen LogP contribution in [0.25, 0.3) is 11.3 Å². The maximum atomic E-state index is 9.46. The summed E-state index contributed by atoms with van der Waals surface area (Å²) in [5, 5.41) is 9.46. The Morgan fingerprint density at radius 1 is 1.18 bits per heavy atom. The molecule has 0 bridgehead atoms. The number of pyridine rings is 1. The summed E-state index contributed by atoms with van der Waals surface area (Å²) in [7, 11) is 0. The molecule has 2 aromatic rings. The van der Waals surface area contributed by atoms with Crippen LogP contribution >= 0.6 is 0 Å². The molecule has 0 saturated heterocycles. The molecule has 0 saturated carbocycles. The lowest BCUT2D eigenvalue weighted by Gasteiger charge is -2.04. The lowest BCUT2D eigenvalue weighted by molar-refractivity contribution is 0.475. The Morgan fingerprint density at radius 3 is 2.82 bits per heavy atom. The Labute approximate surface area is 99.9 Å². The predicted octanol–water partition coefficient (Wildman–Crippen LogP) is 1.88. The van der Waals surface area contributed by atoms with Gasteiger partial charge in [0, 0.05) is 17.8 Å². The van der Waals surface area contributed by atoms with Crippen LogP contribution in [0, 0.1) is 0 Å². The Morgan fingerprint density at radius 2 is 2.00 bits per heavy atom. The summed E-state index contributed by atoms with van der Waals surface area (Å²) >= 11 is 0. The fourth-order valence-corrected chi connectivity index (χ4v) is 2.36. The van der Waals surface area contributed by atoms with Crippen LogP contribution in [-0.2, 0) is 12.8 Å². The van der Waals surface area contributed by atoms with E-state index in [0.717, 1.165) is 24.1 Å². The van der Waals surface area contributed by atoms with Gasteiger partial charge in [0.2, 0.25) is 0 Å². The average molecular weight is 226 g/mol. The van der Waals surface area contributed by atoms with Crippen LogP contribution in [0.5, 0.6) is 5.75 Å². The molecule has 3 heteroatoms. The molecule has 3 rings (SSSR count). The number of nitrogens with zero attached hydrogens (tertiary/aromatic N) is 1. The molecule has 86 valence electrons. The minimum Gasteiger partial charge on any atom is -0.508 e. The van der Waals surface area contributed by atoms with Crippen LogP contribution in [0.3, 0.4) is 0 Å². The van der Waals surface area contributed by atoms with Crippen molar-refractivity contribution in [1.82, 2.24) is 4.98 Å². The van der Waals surface area contributed by atoms with Crippen molar-refractivity contribution in [3.05, 3.63) is 47.7 Å². The van der Waals surface area contributed by atoms with E-state index in [1.165, 1.54) is 11.1 Å². The molecule has 1 unspecified atom stereocenters. The first-order valence-corrected chi connectivity index (χ1v) is 5.75. The van der Waals surface area contributed by atoms with Gasteiger partial charge in [0.05, 0.1) is 5.69 Å². The Kier molecular flexibility index (Phi) is 2.34. The Hall–Kier alpha value is -1.87. The lowest BCUT2D eigenvalue weighted by Crippen LogP contribution is -2.18. The van der Waals surface area contributed by atoms with E-state index in [-0.39, 0.29) is 11.8 Å². The van der Waals surface area contributed by atoms with Gasteiger partial charge < -0.3 is 10.8 Å². The first-order chi connectivity index (χ1) is 8.22. The summed E-state index contributed by atoms with van der Waals surface area (Å²) in [6, 6.07) is 9.47. The standard InChI is InChI=1S/C14H14N2O/c15-12-4-10-7-14(16-8-11(10)5-12)9-2-1-3-13(17)6-9/h1-3,6-8,12,17H,4-5,15H2. The van der Waals surface area contributed by atoms with Crippen LogP contribution in [-0.4, -0.2) is 16.1 Å². The molecular weight excluding hydrogens is 212 g/mol. The zero-order valence-electron chi connectivity index (χ0n) is 9.43. The van der Waals surface area contributed by atoms with Crippen LogP contribution < -0.4 is 5.73 Å². The van der Waals surface area contributed by atoms with Crippen LogP contribution in [0.4, 0.5) is 0 Å². The summed E-state index contributed by atoms with van der Waals surface area (Å²) in [5.74, 6) is 0.265. The molecule has 17 heavy (non-hydrogen) atoms. The third-order valence-electron chi connectivity index (χ3n) is 3.19. The van der Waals surface area contributed by atoms with Gasteiger partial charge in [0.15, 0.2) is 0 Å². The molecule has 0 radical (unpaired) electrons. The van der Waals surface area contributed by atoms with Gasteiger partial charge in [-0.3, -0.25) is 4.98 Å². The summed E-state index contributed by atoms with van der Waals surface area (Å²) in [5.41, 5.74) is 10.3. The van der Waals surface area contributed by atoms with Crippen LogP contribution in [0.15, 0.2) is 36.5 Å². The van der Waals surface area contributed by atoms with E-state index in [2.05, 4.69) is 11.1 Å². The number of benzene rings is 1. The van der Waals surface area contributed by atoms with Gasteiger partial charge in [0.25, 0.3) is 0 Å². The first kappa shape index (κ1) is 10.3. The highest BCUT2D eigenvalue weighted by atomic mass is 16.3. The van der Waals surface area contributed by atoms with Gasteiger partial charge in [-0.15, -0.1) is 0 Å². The monoisotopic (exact) mass is 226 g/mol. The molecule has 1 heterocycles. The van der Waals surface area contributed by atoms with Gasteiger partial charge in [-0.05, 0) is 42.2 Å². The van der Waals surface area contributed by atoms with E-state index in [1.54, 1.807) is 12.1 Å². The number of fused-ring (bicyclic) bond motifs is 1. The Balaban J connectivity index is 2.03. The zero-order valence-corrected chi connectivity index (χ0v) is 9.43. The number of phenols is 1. The molecule has 1 aromatic heterocycles. The van der Waals surface area contributed by atoms with Crippen molar-refractivity contribution in [2.45, 2.75) is 18.9 Å². The molecule has 0 spiro atoms. The highest BCUT2D eigenvalue weighted by Gasteiger charge is 2.18. The summed E-state index contributed by atoms with van der Waals surface area (Å²) < 4.78 is 0. The molecule has 3 nitrogen and oxygen atoms in total. The molecule has 0 fully saturated rings. The smallest absolute Gasteiger partial charge is 0.116 e. The van der Waals surface area contributed by atoms with E-state index in [0.29, 0.717) is 0 Å². The van der Waals surface area contributed by atoms with Gasteiger partial charge in [-0.1, -0.05) is 12.1 Å². The van der Waals surface area contributed by atoms with Crippen molar-refractivity contribution in [2.75, 3.05) is 0 Å². The number of hydrogen-bond donors (Lipinski definition) is 2. The first-order valence-electron chi connectivity index (χ1n) is 5.75. The number of nitrogens with two attached hydrogens (primary N) is 1. The molecule has 1 aliphatic rings. The summed E-state index contributed by atoms with van der Waals surface area (Å²) in [6.07, 6.45) is 3.74. The van der Waals surface area contributed by atoms with Crippen molar-refractivity contribution in [3.63, 3.8) is 0 Å². The minimum absolute atomic E-state index is 0.228. The third-order valence-corrected chi connectivity index (χ3v) is 3.19. The number of rotatable bonds is 1. The highest BCUT2D eigenvalue weighted by Crippen LogP contribution is 2.27. The molecule has 0 aliphatic heterocycles. The van der Waals surface area contributed by atoms with E-state index >= 15 is 0 Å². The lowest BCUT2D eigenvalue weighted by atomic mass is 10.1. The molecule has 3 N–H and O–H groups in total. The van der Waals surface area contributed by atoms with Crippen molar-refractivity contribution in [1.29, 1.82) is 0 Å². The van der Waals surface area contributed by atoms with Crippen molar-refractivity contribution in [2.24, 2.45) is 5.73 Å². The van der Waals surface area contributed by atoms with E-state index in [4.69, 9.17) is 5.73 Å². The van der Waals surface area contributed by atoms with Gasteiger partial charge in [-0.25, -0.2) is 0 Å². The number of aromatic hydroxyl groups is 1. The highest BCUT2D eigenvalue weighted by molar-refractivity contribution is 5.62. The van der Waals surface area contributed by atoms with Crippen LogP contribution in [0.2, 0.25) is 0 Å². The molecule has 1 atom stereocenters. The number of aromatic nitrogens is 1. The van der Waals surface area contributed by atoms with E-state index in [9.17, 15) is 5.11 Å². The molecule has 1 aliphatic carbocycles. The van der Waals surface area contributed by atoms with Gasteiger partial charge in [0.1, 0.15) is 5.75 Å². The molecule has 1 aromatic carbocycles.